The lowest BCUT2D eigenvalue weighted by Crippen LogP contribution is -1.92. The monoisotopic (exact) mass is 198 g/mol. The van der Waals surface area contributed by atoms with Crippen molar-refractivity contribution < 1.29 is 1.37 Å². The Bertz CT molecular complexity index is 506. The molecule has 1 aromatic heterocycles. The van der Waals surface area contributed by atoms with Gasteiger partial charge in [-0.25, -0.2) is 0 Å². The maximum atomic E-state index is 7.63. The van der Waals surface area contributed by atoms with Crippen LogP contribution >= 0.6 is 0 Å². The number of hydrogen-bond donors (Lipinski definition) is 0. The van der Waals surface area contributed by atoms with E-state index in [1.807, 2.05) is 12.1 Å². The van der Waals surface area contributed by atoms with Gasteiger partial charge in [-0.1, -0.05) is 31.2 Å². The summed E-state index contributed by atoms with van der Waals surface area (Å²) < 4.78 is 7.63. The van der Waals surface area contributed by atoms with Crippen molar-refractivity contribution in [3.63, 3.8) is 0 Å². The molecule has 0 radical (unpaired) electrons. The molecule has 0 unspecified atom stereocenters. The van der Waals surface area contributed by atoms with Crippen molar-refractivity contribution in [3.8, 4) is 11.3 Å². The second-order valence-corrected chi connectivity index (χ2v) is 3.60. The average molecular weight is 198 g/mol. The Labute approximate surface area is 92.2 Å². The molecule has 76 valence electrons. The minimum absolute atomic E-state index is 0.508. The third-order valence-electron chi connectivity index (χ3n) is 2.64. The van der Waals surface area contributed by atoms with E-state index in [4.69, 9.17) is 1.37 Å². The molecular formula is C14H15N. The lowest BCUT2D eigenvalue weighted by molar-refractivity contribution is 1.11. The molecule has 2 rings (SSSR count). The van der Waals surface area contributed by atoms with E-state index < -0.39 is 0 Å². The first-order valence-corrected chi connectivity index (χ1v) is 5.24. The Morgan fingerprint density at radius 3 is 2.87 bits per heavy atom. The smallest absolute Gasteiger partial charge is 0.0704 e. The molecule has 0 saturated heterocycles. The fourth-order valence-electron chi connectivity index (χ4n) is 1.88. The third-order valence-corrected chi connectivity index (χ3v) is 2.64. The highest BCUT2D eigenvalue weighted by atomic mass is 14.7. The first kappa shape index (κ1) is 8.66. The fourth-order valence-corrected chi connectivity index (χ4v) is 1.88. The van der Waals surface area contributed by atoms with Crippen LogP contribution in [0.5, 0.6) is 0 Å². The minimum atomic E-state index is 0.508. The van der Waals surface area contributed by atoms with E-state index in [0.29, 0.717) is 6.04 Å². The predicted molar refractivity (Wildman–Crippen MR) is 63.8 cm³/mol. The highest BCUT2D eigenvalue weighted by Gasteiger charge is 2.05. The van der Waals surface area contributed by atoms with Gasteiger partial charge in [-0.15, -0.1) is 0 Å². The lowest BCUT2D eigenvalue weighted by Gasteiger charge is -2.09. The molecule has 0 amide bonds. The zero-order chi connectivity index (χ0) is 11.5. The van der Waals surface area contributed by atoms with Crippen molar-refractivity contribution in [2.45, 2.75) is 20.3 Å². The van der Waals surface area contributed by atoms with Gasteiger partial charge < -0.3 is 0 Å². The van der Waals surface area contributed by atoms with Crippen LogP contribution in [-0.2, 0) is 6.42 Å². The van der Waals surface area contributed by atoms with Gasteiger partial charge in [0.1, 0.15) is 0 Å². The van der Waals surface area contributed by atoms with E-state index in [1.54, 1.807) is 12.3 Å². The first-order valence-electron chi connectivity index (χ1n) is 5.74. The summed E-state index contributed by atoms with van der Waals surface area (Å²) in [7, 11) is 0. The highest BCUT2D eigenvalue weighted by molar-refractivity contribution is 5.65. The first-order chi connectivity index (χ1) is 7.72. The minimum Gasteiger partial charge on any atom is -0.256 e. The summed E-state index contributed by atoms with van der Waals surface area (Å²) in [5.74, 6) is 0. The Morgan fingerprint density at radius 1 is 1.27 bits per heavy atom. The summed E-state index contributed by atoms with van der Waals surface area (Å²) in [5, 5.41) is 0. The van der Waals surface area contributed by atoms with Gasteiger partial charge in [-0.05, 0) is 36.6 Å². The molecule has 0 N–H and O–H groups in total. The van der Waals surface area contributed by atoms with Crippen LogP contribution in [0.3, 0.4) is 0 Å². The molecule has 1 heterocycles. The summed E-state index contributed by atoms with van der Waals surface area (Å²) >= 11 is 0. The van der Waals surface area contributed by atoms with Gasteiger partial charge >= 0.3 is 0 Å². The average Bonchev–Trinajstić information content (AvgIpc) is 2.28. The summed E-state index contributed by atoms with van der Waals surface area (Å²) in [6.07, 6.45) is 2.69. The number of rotatable bonds is 2. The maximum absolute atomic E-state index is 7.63. The van der Waals surface area contributed by atoms with Gasteiger partial charge in [0.25, 0.3) is 0 Å². The molecule has 1 aromatic carbocycles. The van der Waals surface area contributed by atoms with Gasteiger partial charge in [0.15, 0.2) is 0 Å². The normalized spacial score (nSPS) is 11.2. The van der Waals surface area contributed by atoms with Crippen molar-refractivity contribution in [3.05, 3.63) is 53.7 Å². The quantitative estimate of drug-likeness (QED) is 0.718. The van der Waals surface area contributed by atoms with E-state index in [9.17, 15) is 0 Å². The number of benzene rings is 1. The zero-order valence-electron chi connectivity index (χ0n) is 10.1. The summed E-state index contributed by atoms with van der Waals surface area (Å²) in [5.41, 5.74) is 4.66. The molecular weight excluding hydrogens is 182 g/mol. The Hall–Kier alpha value is -1.63. The summed E-state index contributed by atoms with van der Waals surface area (Å²) in [6.45, 7) is 4.27. The summed E-state index contributed by atoms with van der Waals surface area (Å²) in [6, 6.07) is 10.3. The van der Waals surface area contributed by atoms with Crippen LogP contribution in [0.25, 0.3) is 11.3 Å². The van der Waals surface area contributed by atoms with Gasteiger partial charge in [0.2, 0.25) is 0 Å². The van der Waals surface area contributed by atoms with Crippen molar-refractivity contribution in [1.29, 1.82) is 0 Å². The molecule has 1 nitrogen and oxygen atoms in total. The topological polar surface area (TPSA) is 12.9 Å². The SMILES string of the molecule is [2H]c1ccnc(-c2cccc(C)c2CC)c1. The molecule has 0 fully saturated rings. The molecule has 0 aliphatic heterocycles. The highest BCUT2D eigenvalue weighted by Crippen LogP contribution is 2.24. The summed E-state index contributed by atoms with van der Waals surface area (Å²) in [4.78, 5) is 4.34. The molecule has 2 aromatic rings. The number of hydrogen-bond acceptors (Lipinski definition) is 1. The molecule has 1 heteroatoms. The zero-order valence-corrected chi connectivity index (χ0v) is 9.12. The van der Waals surface area contributed by atoms with Crippen LogP contribution < -0.4 is 0 Å². The molecule has 0 aliphatic carbocycles. The van der Waals surface area contributed by atoms with Crippen molar-refractivity contribution in [2.24, 2.45) is 0 Å². The van der Waals surface area contributed by atoms with Crippen LogP contribution in [0.4, 0.5) is 0 Å². The largest absolute Gasteiger partial charge is 0.256 e. The number of aromatic nitrogens is 1. The molecule has 0 atom stereocenters. The van der Waals surface area contributed by atoms with Crippen molar-refractivity contribution in [2.75, 3.05) is 0 Å². The standard InChI is InChI=1S/C14H15N/c1-3-12-11(2)7-6-8-13(12)14-9-4-5-10-15-14/h4-10H,3H2,1-2H3/i4D. The second kappa shape index (κ2) is 4.26. The van der Waals surface area contributed by atoms with Gasteiger partial charge in [-0.2, -0.15) is 0 Å². The predicted octanol–water partition coefficient (Wildman–Crippen LogP) is 3.62. The Kier molecular flexibility index (Phi) is 2.46. The molecule has 0 bridgehead atoms. The van der Waals surface area contributed by atoms with E-state index >= 15 is 0 Å². The molecule has 0 spiro atoms. The van der Waals surface area contributed by atoms with Crippen molar-refractivity contribution >= 4 is 0 Å². The van der Waals surface area contributed by atoms with Gasteiger partial charge in [-0.3, -0.25) is 4.98 Å². The van der Waals surface area contributed by atoms with Gasteiger partial charge in [0.05, 0.1) is 7.06 Å². The Balaban J connectivity index is 2.60. The fraction of sp³-hybridized carbons (Fsp3) is 0.214. The maximum Gasteiger partial charge on any atom is 0.0704 e. The van der Waals surface area contributed by atoms with E-state index in [-0.39, 0.29) is 0 Å². The van der Waals surface area contributed by atoms with Crippen LogP contribution in [0.15, 0.2) is 42.6 Å². The molecule has 0 saturated carbocycles. The number of aryl methyl sites for hydroxylation is 1. The van der Waals surface area contributed by atoms with Crippen LogP contribution in [0.1, 0.15) is 19.4 Å². The molecule has 0 aliphatic rings. The van der Waals surface area contributed by atoms with Crippen molar-refractivity contribution in [1.82, 2.24) is 4.98 Å². The van der Waals surface area contributed by atoms with E-state index in [2.05, 4.69) is 31.0 Å². The molecule has 15 heavy (non-hydrogen) atoms. The van der Waals surface area contributed by atoms with E-state index in [1.165, 1.54) is 11.1 Å². The Morgan fingerprint density at radius 2 is 2.13 bits per heavy atom. The number of nitrogens with zero attached hydrogens (tertiary/aromatic N) is 1. The number of pyridine rings is 1. The van der Waals surface area contributed by atoms with Crippen LogP contribution in [0, 0.1) is 6.92 Å². The van der Waals surface area contributed by atoms with Crippen LogP contribution in [-0.4, -0.2) is 4.98 Å². The van der Waals surface area contributed by atoms with Gasteiger partial charge in [0, 0.05) is 11.8 Å². The third kappa shape index (κ3) is 1.91. The van der Waals surface area contributed by atoms with E-state index in [0.717, 1.165) is 17.7 Å². The second-order valence-electron chi connectivity index (χ2n) is 3.60. The van der Waals surface area contributed by atoms with Crippen LogP contribution in [0.2, 0.25) is 0 Å². The lowest BCUT2D eigenvalue weighted by atomic mass is 9.97.